The number of hydrogen-bond acceptors (Lipinski definition) is 5. The Morgan fingerprint density at radius 1 is 1.31 bits per heavy atom. The fourth-order valence-corrected chi connectivity index (χ4v) is 1.65. The minimum absolute atomic E-state index is 0.293. The molecule has 0 unspecified atom stereocenters. The molecule has 5 heteroatoms. The van der Waals surface area contributed by atoms with Crippen molar-refractivity contribution in [2.45, 2.75) is 27.3 Å². The third-order valence-electron chi connectivity index (χ3n) is 2.03. The van der Waals surface area contributed by atoms with E-state index < -0.39 is 0 Å². The Labute approximate surface area is 97.0 Å². The van der Waals surface area contributed by atoms with E-state index in [0.29, 0.717) is 11.2 Å². The van der Waals surface area contributed by atoms with E-state index in [2.05, 4.69) is 48.1 Å². The second-order valence-electron chi connectivity index (χ2n) is 5.27. The zero-order chi connectivity index (χ0) is 12.2. The number of hydrazine groups is 1. The molecule has 0 bridgehead atoms. The molecule has 5 nitrogen and oxygen atoms in total. The van der Waals surface area contributed by atoms with E-state index in [0.717, 1.165) is 18.8 Å². The molecule has 1 heterocycles. The van der Waals surface area contributed by atoms with Crippen molar-refractivity contribution in [2.24, 2.45) is 11.3 Å². The lowest BCUT2D eigenvalue weighted by Gasteiger charge is -2.26. The van der Waals surface area contributed by atoms with E-state index in [4.69, 9.17) is 5.84 Å². The van der Waals surface area contributed by atoms with Crippen LogP contribution in [0.15, 0.2) is 12.4 Å². The molecule has 0 amide bonds. The normalized spacial score (nSPS) is 11.9. The van der Waals surface area contributed by atoms with Gasteiger partial charge in [0.15, 0.2) is 5.82 Å². The average Bonchev–Trinajstić information content (AvgIpc) is 2.16. The predicted octanol–water partition coefficient (Wildman–Crippen LogP) is 1.24. The minimum Gasteiger partial charge on any atom is -0.307 e. The topological polar surface area (TPSA) is 67.1 Å². The highest BCUT2D eigenvalue weighted by Crippen LogP contribution is 2.15. The van der Waals surface area contributed by atoms with Crippen molar-refractivity contribution < 1.29 is 0 Å². The van der Waals surface area contributed by atoms with Crippen molar-refractivity contribution in [2.75, 3.05) is 19.0 Å². The van der Waals surface area contributed by atoms with E-state index in [9.17, 15) is 0 Å². The number of nitrogens with two attached hydrogens (primary N) is 1. The van der Waals surface area contributed by atoms with Crippen molar-refractivity contribution in [3.8, 4) is 0 Å². The van der Waals surface area contributed by atoms with E-state index in [1.165, 1.54) is 0 Å². The lowest BCUT2D eigenvalue weighted by Crippen LogP contribution is -2.29. The smallest absolute Gasteiger partial charge is 0.158 e. The molecule has 1 aromatic heterocycles. The van der Waals surface area contributed by atoms with E-state index in [1.54, 1.807) is 12.4 Å². The first-order chi connectivity index (χ1) is 7.40. The van der Waals surface area contributed by atoms with Crippen LogP contribution in [0.5, 0.6) is 0 Å². The molecule has 0 aliphatic carbocycles. The molecule has 0 saturated carbocycles. The molecule has 16 heavy (non-hydrogen) atoms. The summed E-state index contributed by atoms with van der Waals surface area (Å²) in [5.41, 5.74) is 3.70. The van der Waals surface area contributed by atoms with Gasteiger partial charge in [0.1, 0.15) is 0 Å². The third kappa shape index (κ3) is 4.55. The van der Waals surface area contributed by atoms with Gasteiger partial charge in [0, 0.05) is 13.1 Å². The Hall–Kier alpha value is -1.20. The minimum atomic E-state index is 0.293. The second-order valence-corrected chi connectivity index (χ2v) is 5.27. The standard InChI is InChI=1S/C11H21N5/c1-11(2,3)8-16(4)7-9-5-14-10(15-12)6-13-9/h5-6H,7-8,12H2,1-4H3,(H,14,15). The number of rotatable bonds is 4. The Kier molecular flexibility index (Phi) is 4.20. The van der Waals surface area contributed by atoms with Crippen LogP contribution in [0.2, 0.25) is 0 Å². The average molecular weight is 223 g/mol. The molecule has 0 radical (unpaired) electrons. The molecule has 0 aromatic carbocycles. The van der Waals surface area contributed by atoms with Gasteiger partial charge in [-0.3, -0.25) is 9.88 Å². The number of anilines is 1. The molecule has 0 fully saturated rings. The summed E-state index contributed by atoms with van der Waals surface area (Å²) in [5.74, 6) is 5.81. The Balaban J connectivity index is 2.53. The SMILES string of the molecule is CN(Cc1cnc(NN)cn1)CC(C)(C)C. The summed E-state index contributed by atoms with van der Waals surface area (Å²) in [6.07, 6.45) is 3.38. The zero-order valence-corrected chi connectivity index (χ0v) is 10.5. The van der Waals surface area contributed by atoms with E-state index in [1.807, 2.05) is 0 Å². The van der Waals surface area contributed by atoms with Crippen LogP contribution >= 0.6 is 0 Å². The summed E-state index contributed by atoms with van der Waals surface area (Å²) >= 11 is 0. The third-order valence-corrected chi connectivity index (χ3v) is 2.03. The van der Waals surface area contributed by atoms with Gasteiger partial charge in [0.05, 0.1) is 18.1 Å². The number of nitrogen functional groups attached to an aromatic ring is 1. The van der Waals surface area contributed by atoms with Crippen LogP contribution < -0.4 is 11.3 Å². The molecular weight excluding hydrogens is 202 g/mol. The summed E-state index contributed by atoms with van der Waals surface area (Å²) in [6, 6.07) is 0. The maximum Gasteiger partial charge on any atom is 0.158 e. The number of nitrogens with zero attached hydrogens (tertiary/aromatic N) is 3. The van der Waals surface area contributed by atoms with Gasteiger partial charge in [-0.05, 0) is 12.5 Å². The fourth-order valence-electron chi connectivity index (χ4n) is 1.65. The molecule has 90 valence electrons. The predicted molar refractivity (Wildman–Crippen MR) is 65.6 cm³/mol. The summed E-state index contributed by atoms with van der Waals surface area (Å²) in [5, 5.41) is 0. The summed E-state index contributed by atoms with van der Waals surface area (Å²) in [4.78, 5) is 10.6. The van der Waals surface area contributed by atoms with Crippen LogP contribution in [0, 0.1) is 5.41 Å². The molecule has 3 N–H and O–H groups in total. The zero-order valence-electron chi connectivity index (χ0n) is 10.5. The lowest BCUT2D eigenvalue weighted by molar-refractivity contribution is 0.219. The number of aromatic nitrogens is 2. The van der Waals surface area contributed by atoms with Crippen molar-refractivity contribution in [1.29, 1.82) is 0 Å². The quantitative estimate of drug-likeness (QED) is 0.594. The van der Waals surface area contributed by atoms with Crippen LogP contribution in [-0.2, 0) is 6.54 Å². The molecule has 0 spiro atoms. The van der Waals surface area contributed by atoms with Gasteiger partial charge < -0.3 is 5.43 Å². The molecule has 0 aliphatic heterocycles. The van der Waals surface area contributed by atoms with Crippen molar-refractivity contribution in [1.82, 2.24) is 14.9 Å². The van der Waals surface area contributed by atoms with Gasteiger partial charge in [-0.25, -0.2) is 10.8 Å². The highest BCUT2D eigenvalue weighted by Gasteiger charge is 2.13. The number of nitrogens with one attached hydrogen (secondary N) is 1. The lowest BCUT2D eigenvalue weighted by atomic mass is 9.96. The molecular formula is C11H21N5. The maximum absolute atomic E-state index is 5.22. The summed E-state index contributed by atoms with van der Waals surface area (Å²) in [6.45, 7) is 8.48. The van der Waals surface area contributed by atoms with Crippen LogP contribution in [0.4, 0.5) is 5.82 Å². The second kappa shape index (κ2) is 5.23. The highest BCUT2D eigenvalue weighted by molar-refractivity contribution is 5.28. The van der Waals surface area contributed by atoms with Crippen LogP contribution in [0.1, 0.15) is 26.5 Å². The molecule has 1 aromatic rings. The van der Waals surface area contributed by atoms with Gasteiger partial charge >= 0.3 is 0 Å². The molecule has 0 atom stereocenters. The Morgan fingerprint density at radius 3 is 2.44 bits per heavy atom. The summed E-state index contributed by atoms with van der Waals surface area (Å²) in [7, 11) is 2.09. The van der Waals surface area contributed by atoms with Crippen LogP contribution in [0.25, 0.3) is 0 Å². The van der Waals surface area contributed by atoms with Crippen LogP contribution in [-0.4, -0.2) is 28.5 Å². The first-order valence-electron chi connectivity index (χ1n) is 5.37. The van der Waals surface area contributed by atoms with Crippen molar-refractivity contribution >= 4 is 5.82 Å². The van der Waals surface area contributed by atoms with Gasteiger partial charge in [-0.15, -0.1) is 0 Å². The highest BCUT2D eigenvalue weighted by atomic mass is 15.3. The number of hydrogen-bond donors (Lipinski definition) is 2. The van der Waals surface area contributed by atoms with Gasteiger partial charge in [-0.1, -0.05) is 20.8 Å². The first-order valence-corrected chi connectivity index (χ1v) is 5.37. The van der Waals surface area contributed by atoms with Gasteiger partial charge in [-0.2, -0.15) is 0 Å². The van der Waals surface area contributed by atoms with Gasteiger partial charge in [0.25, 0.3) is 0 Å². The molecule has 0 aliphatic rings. The summed E-state index contributed by atoms with van der Waals surface area (Å²) < 4.78 is 0. The van der Waals surface area contributed by atoms with Crippen LogP contribution in [0.3, 0.4) is 0 Å². The Bertz CT molecular complexity index is 314. The fraction of sp³-hybridized carbons (Fsp3) is 0.636. The van der Waals surface area contributed by atoms with E-state index >= 15 is 0 Å². The van der Waals surface area contributed by atoms with E-state index in [-0.39, 0.29) is 0 Å². The van der Waals surface area contributed by atoms with Crippen molar-refractivity contribution in [3.63, 3.8) is 0 Å². The first kappa shape index (κ1) is 12.9. The largest absolute Gasteiger partial charge is 0.307 e. The molecule has 0 saturated heterocycles. The van der Waals surface area contributed by atoms with Gasteiger partial charge in [0.2, 0.25) is 0 Å². The van der Waals surface area contributed by atoms with Crippen molar-refractivity contribution in [3.05, 3.63) is 18.1 Å². The maximum atomic E-state index is 5.22. The monoisotopic (exact) mass is 223 g/mol. The Morgan fingerprint density at radius 2 is 2.00 bits per heavy atom. The molecule has 1 rings (SSSR count).